The summed E-state index contributed by atoms with van der Waals surface area (Å²) in [7, 11) is 0. The number of benzene rings is 2. The van der Waals surface area contributed by atoms with Crippen molar-refractivity contribution in [3.8, 4) is 11.1 Å². The lowest BCUT2D eigenvalue weighted by Crippen LogP contribution is -2.51. The van der Waals surface area contributed by atoms with Crippen molar-refractivity contribution in [1.29, 1.82) is 0 Å². The number of carbonyl (C=O) groups excluding carboxylic acids is 1. The Balaban J connectivity index is 1.79. The Hall–Kier alpha value is -2.66. The van der Waals surface area contributed by atoms with E-state index in [-0.39, 0.29) is 11.4 Å². The van der Waals surface area contributed by atoms with Crippen LogP contribution in [0.2, 0.25) is 0 Å². The fourth-order valence-electron chi connectivity index (χ4n) is 2.86. The molecule has 0 atom stereocenters. The second-order valence-electron chi connectivity index (χ2n) is 6.97. The summed E-state index contributed by atoms with van der Waals surface area (Å²) in [6.45, 7) is 5.99. The first-order valence-electron chi connectivity index (χ1n) is 8.14. The second kappa shape index (κ2) is 6.69. The van der Waals surface area contributed by atoms with Crippen LogP contribution in [0.3, 0.4) is 0 Å². The first kappa shape index (κ1) is 17.2. The van der Waals surface area contributed by atoms with Crippen molar-refractivity contribution in [3.05, 3.63) is 65.7 Å². The van der Waals surface area contributed by atoms with Crippen LogP contribution in [0.25, 0.3) is 16.7 Å². The van der Waals surface area contributed by atoms with Gasteiger partial charge in [-0.15, -0.1) is 0 Å². The minimum Gasteiger partial charge on any atom is -0.357 e. The van der Waals surface area contributed by atoms with E-state index in [1.807, 2.05) is 57.2 Å². The third-order valence-electron chi connectivity index (χ3n) is 3.79. The first-order chi connectivity index (χ1) is 11.8. The highest BCUT2D eigenvalue weighted by atomic mass is 32.1. The Bertz CT molecular complexity index is 818. The Morgan fingerprint density at radius 2 is 1.36 bits per heavy atom. The highest BCUT2D eigenvalue weighted by Crippen LogP contribution is 2.43. The lowest BCUT2D eigenvalue weighted by atomic mass is 10.0. The molecular weight excluding hydrogens is 330 g/mol. The molecule has 4 nitrogen and oxygen atoms in total. The molecule has 1 aliphatic carbocycles. The lowest BCUT2D eigenvalue weighted by Gasteiger charge is -2.22. The number of carbonyl (C=O) groups is 1. The van der Waals surface area contributed by atoms with Gasteiger partial charge in [0, 0.05) is 11.6 Å². The average Bonchev–Trinajstić information content (AvgIpc) is 2.86. The van der Waals surface area contributed by atoms with Crippen molar-refractivity contribution < 1.29 is 4.79 Å². The molecule has 0 unspecified atom stereocenters. The molecular formula is C20H21N3OS. The molecule has 1 amide bonds. The summed E-state index contributed by atoms with van der Waals surface area (Å²) in [5, 5.41) is 3.47. The van der Waals surface area contributed by atoms with E-state index in [0.29, 0.717) is 5.11 Å². The number of hydrogen-bond acceptors (Lipinski definition) is 2. The predicted octanol–water partition coefficient (Wildman–Crippen LogP) is 3.39. The van der Waals surface area contributed by atoms with E-state index in [2.05, 4.69) is 28.3 Å². The molecule has 1 aliphatic rings. The quantitative estimate of drug-likeness (QED) is 0.357. The Labute approximate surface area is 153 Å². The number of thiocarbonyl (C=S) groups is 1. The largest absolute Gasteiger partial charge is 0.357 e. The van der Waals surface area contributed by atoms with Gasteiger partial charge in [-0.3, -0.25) is 15.6 Å². The van der Waals surface area contributed by atoms with Crippen LogP contribution in [0.15, 0.2) is 54.6 Å². The number of hydrogen-bond donors (Lipinski definition) is 3. The molecule has 3 rings (SSSR count). The van der Waals surface area contributed by atoms with E-state index in [9.17, 15) is 4.79 Å². The van der Waals surface area contributed by atoms with Crippen molar-refractivity contribution in [3.63, 3.8) is 0 Å². The van der Waals surface area contributed by atoms with Gasteiger partial charge in [0.25, 0.3) is 5.91 Å². The van der Waals surface area contributed by atoms with Crippen LogP contribution in [0.5, 0.6) is 0 Å². The van der Waals surface area contributed by atoms with Gasteiger partial charge in [-0.05, 0) is 60.8 Å². The summed E-state index contributed by atoms with van der Waals surface area (Å²) in [6.07, 6.45) is 1.61. The zero-order chi connectivity index (χ0) is 18.0. The standard InChI is InChI=1S/C20H21N3OS/c1-20(2,3)21-19(25)23-22-18(24)12-17-15-10-6-4-8-13(15)14-9-5-7-11-16(14)17/h4-12H,1-3H3,(H,22,24)(H2,21,23,25). The maximum Gasteiger partial charge on any atom is 0.263 e. The highest BCUT2D eigenvalue weighted by Gasteiger charge is 2.23. The van der Waals surface area contributed by atoms with Crippen LogP contribution < -0.4 is 16.2 Å². The van der Waals surface area contributed by atoms with E-state index in [1.165, 1.54) is 0 Å². The molecule has 0 radical (unpaired) electrons. The predicted molar refractivity (Wildman–Crippen MR) is 106 cm³/mol. The molecule has 25 heavy (non-hydrogen) atoms. The number of fused-ring (bicyclic) bond motifs is 3. The monoisotopic (exact) mass is 351 g/mol. The summed E-state index contributed by atoms with van der Waals surface area (Å²) in [4.78, 5) is 12.4. The molecule has 5 heteroatoms. The molecule has 3 N–H and O–H groups in total. The molecule has 2 aromatic rings. The van der Waals surface area contributed by atoms with Gasteiger partial charge in [0.15, 0.2) is 5.11 Å². The fourth-order valence-corrected chi connectivity index (χ4v) is 3.22. The number of rotatable bonds is 1. The summed E-state index contributed by atoms with van der Waals surface area (Å²) in [5.74, 6) is -0.250. The van der Waals surface area contributed by atoms with Crippen molar-refractivity contribution in [1.82, 2.24) is 16.2 Å². The smallest absolute Gasteiger partial charge is 0.263 e. The second-order valence-corrected chi connectivity index (χ2v) is 7.38. The van der Waals surface area contributed by atoms with Gasteiger partial charge in [0.05, 0.1) is 0 Å². The van der Waals surface area contributed by atoms with Gasteiger partial charge in [0.2, 0.25) is 0 Å². The summed E-state index contributed by atoms with van der Waals surface area (Å²) in [5.41, 5.74) is 10.5. The molecule has 0 aromatic heterocycles. The number of hydrazine groups is 1. The molecule has 2 aromatic carbocycles. The zero-order valence-electron chi connectivity index (χ0n) is 14.5. The zero-order valence-corrected chi connectivity index (χ0v) is 15.3. The van der Waals surface area contributed by atoms with E-state index in [1.54, 1.807) is 6.08 Å². The number of nitrogens with one attached hydrogen (secondary N) is 3. The van der Waals surface area contributed by atoms with Gasteiger partial charge in [-0.2, -0.15) is 0 Å². The van der Waals surface area contributed by atoms with Gasteiger partial charge in [0.1, 0.15) is 0 Å². The van der Waals surface area contributed by atoms with Gasteiger partial charge >= 0.3 is 0 Å². The maximum absolute atomic E-state index is 12.4. The van der Waals surface area contributed by atoms with E-state index >= 15 is 0 Å². The summed E-state index contributed by atoms with van der Waals surface area (Å²) >= 11 is 5.17. The van der Waals surface area contributed by atoms with E-state index < -0.39 is 0 Å². The molecule has 0 heterocycles. The van der Waals surface area contributed by atoms with E-state index in [0.717, 1.165) is 27.8 Å². The number of amides is 1. The van der Waals surface area contributed by atoms with Crippen molar-refractivity contribution >= 4 is 28.8 Å². The molecule has 128 valence electrons. The topological polar surface area (TPSA) is 53.2 Å². The molecule has 0 saturated carbocycles. The van der Waals surface area contributed by atoms with Gasteiger partial charge < -0.3 is 5.32 Å². The molecule has 0 bridgehead atoms. The van der Waals surface area contributed by atoms with Crippen LogP contribution in [0.4, 0.5) is 0 Å². The third kappa shape index (κ3) is 3.88. The fraction of sp³-hybridized carbons (Fsp3) is 0.200. The Morgan fingerprint density at radius 3 is 1.84 bits per heavy atom. The Kier molecular flexibility index (Phi) is 4.59. The maximum atomic E-state index is 12.4. The highest BCUT2D eigenvalue weighted by molar-refractivity contribution is 7.80. The van der Waals surface area contributed by atoms with Crippen molar-refractivity contribution in [2.45, 2.75) is 26.3 Å². The van der Waals surface area contributed by atoms with Crippen molar-refractivity contribution in [2.24, 2.45) is 0 Å². The van der Waals surface area contributed by atoms with Crippen LogP contribution >= 0.6 is 12.2 Å². The van der Waals surface area contributed by atoms with Crippen LogP contribution in [-0.2, 0) is 4.79 Å². The SMILES string of the molecule is CC(C)(C)NC(=S)NNC(=O)C=C1c2ccccc2-c2ccccc21. The van der Waals surface area contributed by atoms with Crippen LogP contribution in [0.1, 0.15) is 31.9 Å². The molecule has 0 saturated heterocycles. The lowest BCUT2D eigenvalue weighted by molar-refractivity contribution is -0.117. The normalized spacial score (nSPS) is 12.0. The minimum atomic E-state index is -0.250. The minimum absolute atomic E-state index is 0.170. The third-order valence-corrected chi connectivity index (χ3v) is 3.99. The summed E-state index contributed by atoms with van der Waals surface area (Å²) < 4.78 is 0. The van der Waals surface area contributed by atoms with Crippen molar-refractivity contribution in [2.75, 3.05) is 0 Å². The Morgan fingerprint density at radius 1 is 0.880 bits per heavy atom. The van der Waals surface area contributed by atoms with Gasteiger partial charge in [-0.1, -0.05) is 48.5 Å². The van der Waals surface area contributed by atoms with E-state index in [4.69, 9.17) is 12.2 Å². The molecule has 0 aliphatic heterocycles. The van der Waals surface area contributed by atoms with Crippen LogP contribution in [0, 0.1) is 0 Å². The average molecular weight is 351 g/mol. The molecule has 0 fully saturated rings. The first-order valence-corrected chi connectivity index (χ1v) is 8.55. The summed E-state index contributed by atoms with van der Waals surface area (Å²) in [6, 6.07) is 16.2. The molecule has 0 spiro atoms. The van der Waals surface area contributed by atoms with Crippen LogP contribution in [-0.4, -0.2) is 16.6 Å². The van der Waals surface area contributed by atoms with Gasteiger partial charge in [-0.25, -0.2) is 0 Å².